The summed E-state index contributed by atoms with van der Waals surface area (Å²) in [4.78, 5) is 16.4. The maximum atomic E-state index is 12.3. The number of hydrogen-bond donors (Lipinski definition) is 1. The van der Waals surface area contributed by atoms with Gasteiger partial charge in [-0.15, -0.1) is 0 Å². The normalized spacial score (nSPS) is 15.0. The van der Waals surface area contributed by atoms with Crippen molar-refractivity contribution in [2.45, 2.75) is 0 Å². The summed E-state index contributed by atoms with van der Waals surface area (Å²) in [6.45, 7) is 2.88. The quantitative estimate of drug-likeness (QED) is 0.688. The lowest BCUT2D eigenvalue weighted by molar-refractivity contribution is -0.126. The summed E-state index contributed by atoms with van der Waals surface area (Å²) in [5.41, 5.74) is 8.39. The molecule has 4 nitrogen and oxygen atoms in total. The summed E-state index contributed by atoms with van der Waals surface area (Å²) >= 11 is 6.27. The van der Waals surface area contributed by atoms with Crippen LogP contribution in [0.15, 0.2) is 54.6 Å². The molecule has 0 aromatic heterocycles. The molecule has 0 radical (unpaired) electrons. The van der Waals surface area contributed by atoms with E-state index in [1.807, 2.05) is 53.4 Å². The van der Waals surface area contributed by atoms with E-state index in [0.717, 1.165) is 24.3 Å². The summed E-state index contributed by atoms with van der Waals surface area (Å²) in [5, 5.41) is 0.652. The Kier molecular flexibility index (Phi) is 5.06. The third-order valence-corrected chi connectivity index (χ3v) is 4.42. The zero-order chi connectivity index (χ0) is 16.9. The van der Waals surface area contributed by atoms with Crippen molar-refractivity contribution in [1.82, 2.24) is 4.90 Å². The van der Waals surface area contributed by atoms with E-state index in [0.29, 0.717) is 23.8 Å². The fourth-order valence-corrected chi connectivity index (χ4v) is 3.09. The highest BCUT2D eigenvalue weighted by atomic mass is 35.5. The van der Waals surface area contributed by atoms with Crippen LogP contribution in [0.5, 0.6) is 0 Å². The van der Waals surface area contributed by atoms with Crippen LogP contribution < -0.4 is 10.6 Å². The van der Waals surface area contributed by atoms with Crippen LogP contribution in [0.1, 0.15) is 5.56 Å². The fourth-order valence-electron chi connectivity index (χ4n) is 2.78. The molecule has 1 fully saturated rings. The van der Waals surface area contributed by atoms with Crippen molar-refractivity contribution >= 4 is 35.0 Å². The van der Waals surface area contributed by atoms with E-state index in [1.165, 1.54) is 0 Å². The van der Waals surface area contributed by atoms with E-state index < -0.39 is 0 Å². The van der Waals surface area contributed by atoms with Gasteiger partial charge in [0.05, 0.1) is 10.7 Å². The van der Waals surface area contributed by atoms with Gasteiger partial charge < -0.3 is 15.5 Å². The molecule has 5 heteroatoms. The summed E-state index contributed by atoms with van der Waals surface area (Å²) in [5.74, 6) is 0.0434. The largest absolute Gasteiger partial charge is 0.399 e. The standard InChI is InChI=1S/C19H20ClN3O/c20-17-14-16(21)7-8-18(17)22-10-12-23(13-11-22)19(24)9-6-15-4-2-1-3-5-15/h1-9,14H,10-13,21H2/b9-6-. The van der Waals surface area contributed by atoms with Crippen molar-refractivity contribution in [3.05, 3.63) is 65.2 Å². The Morgan fingerprint density at radius 3 is 2.42 bits per heavy atom. The number of hydrogen-bond acceptors (Lipinski definition) is 3. The van der Waals surface area contributed by atoms with Crippen molar-refractivity contribution in [2.75, 3.05) is 36.8 Å². The second kappa shape index (κ2) is 7.41. The van der Waals surface area contributed by atoms with Crippen molar-refractivity contribution in [2.24, 2.45) is 0 Å². The summed E-state index contributed by atoms with van der Waals surface area (Å²) in [6, 6.07) is 15.4. The van der Waals surface area contributed by atoms with Gasteiger partial charge in [-0.1, -0.05) is 41.9 Å². The SMILES string of the molecule is Nc1ccc(N2CCN(C(=O)/C=C\c3ccccc3)CC2)c(Cl)c1. The first-order valence-electron chi connectivity index (χ1n) is 7.95. The number of amides is 1. The lowest BCUT2D eigenvalue weighted by Crippen LogP contribution is -2.48. The Labute approximate surface area is 147 Å². The molecule has 2 N–H and O–H groups in total. The van der Waals surface area contributed by atoms with Crippen molar-refractivity contribution in [1.29, 1.82) is 0 Å². The van der Waals surface area contributed by atoms with Crippen molar-refractivity contribution < 1.29 is 4.79 Å². The van der Waals surface area contributed by atoms with Crippen LogP contribution in [0, 0.1) is 0 Å². The molecule has 0 unspecified atom stereocenters. The first-order chi connectivity index (χ1) is 11.6. The van der Waals surface area contributed by atoms with E-state index in [2.05, 4.69) is 4.90 Å². The van der Waals surface area contributed by atoms with E-state index >= 15 is 0 Å². The van der Waals surface area contributed by atoms with Gasteiger partial charge in [-0.3, -0.25) is 4.79 Å². The predicted molar refractivity (Wildman–Crippen MR) is 100 cm³/mol. The molecule has 0 bridgehead atoms. The minimum atomic E-state index is 0.0434. The third kappa shape index (κ3) is 3.89. The number of nitrogens with zero attached hydrogens (tertiary/aromatic N) is 2. The van der Waals surface area contributed by atoms with Gasteiger partial charge in [0.1, 0.15) is 0 Å². The van der Waals surface area contributed by atoms with Gasteiger partial charge >= 0.3 is 0 Å². The topological polar surface area (TPSA) is 49.6 Å². The molecule has 1 saturated heterocycles. The molecule has 1 amide bonds. The van der Waals surface area contributed by atoms with Crippen LogP contribution in [-0.4, -0.2) is 37.0 Å². The smallest absolute Gasteiger partial charge is 0.246 e. The van der Waals surface area contributed by atoms with E-state index in [1.54, 1.807) is 12.1 Å². The molecular weight excluding hydrogens is 322 g/mol. The number of nitrogens with two attached hydrogens (primary N) is 1. The van der Waals surface area contributed by atoms with Gasteiger partial charge in [0.2, 0.25) is 5.91 Å². The number of rotatable bonds is 3. The summed E-state index contributed by atoms with van der Waals surface area (Å²) in [7, 11) is 0. The molecule has 0 aliphatic carbocycles. The summed E-state index contributed by atoms with van der Waals surface area (Å²) < 4.78 is 0. The summed E-state index contributed by atoms with van der Waals surface area (Å²) in [6.07, 6.45) is 3.49. The second-order valence-electron chi connectivity index (χ2n) is 5.77. The van der Waals surface area contributed by atoms with Gasteiger partial charge in [-0.2, -0.15) is 0 Å². The zero-order valence-electron chi connectivity index (χ0n) is 13.4. The lowest BCUT2D eigenvalue weighted by Gasteiger charge is -2.36. The zero-order valence-corrected chi connectivity index (χ0v) is 14.1. The average Bonchev–Trinajstić information content (AvgIpc) is 2.61. The maximum Gasteiger partial charge on any atom is 0.246 e. The van der Waals surface area contributed by atoms with Crippen LogP contribution >= 0.6 is 11.6 Å². The number of anilines is 2. The van der Waals surface area contributed by atoms with Gasteiger partial charge in [0.15, 0.2) is 0 Å². The Bertz CT molecular complexity index is 738. The van der Waals surface area contributed by atoms with E-state index in [9.17, 15) is 4.79 Å². The number of nitrogen functional groups attached to an aromatic ring is 1. The molecule has 1 aliphatic rings. The number of benzene rings is 2. The predicted octanol–water partition coefficient (Wildman–Crippen LogP) is 3.28. The number of halogens is 1. The average molecular weight is 342 g/mol. The molecule has 1 aliphatic heterocycles. The number of carbonyl (C=O) groups is 1. The third-order valence-electron chi connectivity index (χ3n) is 4.12. The van der Waals surface area contributed by atoms with Crippen molar-refractivity contribution in [3.8, 4) is 0 Å². The van der Waals surface area contributed by atoms with Crippen LogP contribution in [0.2, 0.25) is 5.02 Å². The Balaban J connectivity index is 1.58. The molecule has 0 spiro atoms. The minimum Gasteiger partial charge on any atom is -0.399 e. The van der Waals surface area contributed by atoms with Crippen LogP contribution in [0.4, 0.5) is 11.4 Å². The number of piperazine rings is 1. The lowest BCUT2D eigenvalue weighted by atomic mass is 10.2. The molecule has 2 aromatic rings. The highest BCUT2D eigenvalue weighted by Gasteiger charge is 2.21. The first kappa shape index (κ1) is 16.4. The highest BCUT2D eigenvalue weighted by Crippen LogP contribution is 2.28. The maximum absolute atomic E-state index is 12.3. The van der Waals surface area contributed by atoms with E-state index in [-0.39, 0.29) is 5.91 Å². The number of carbonyl (C=O) groups excluding carboxylic acids is 1. The molecule has 24 heavy (non-hydrogen) atoms. The molecule has 0 saturated carbocycles. The Morgan fingerprint density at radius 1 is 1.04 bits per heavy atom. The Morgan fingerprint density at radius 2 is 1.75 bits per heavy atom. The highest BCUT2D eigenvalue weighted by molar-refractivity contribution is 6.33. The molecule has 0 atom stereocenters. The van der Waals surface area contributed by atoms with Crippen LogP contribution in [-0.2, 0) is 4.79 Å². The molecular formula is C19H20ClN3O. The van der Waals surface area contributed by atoms with Crippen LogP contribution in [0.3, 0.4) is 0 Å². The second-order valence-corrected chi connectivity index (χ2v) is 6.17. The van der Waals surface area contributed by atoms with Crippen LogP contribution in [0.25, 0.3) is 6.08 Å². The van der Waals surface area contributed by atoms with Gasteiger partial charge in [0.25, 0.3) is 0 Å². The molecule has 2 aromatic carbocycles. The molecule has 3 rings (SSSR count). The van der Waals surface area contributed by atoms with Crippen molar-refractivity contribution in [3.63, 3.8) is 0 Å². The minimum absolute atomic E-state index is 0.0434. The molecule has 124 valence electrons. The van der Waals surface area contributed by atoms with Gasteiger partial charge in [0, 0.05) is 37.9 Å². The monoisotopic (exact) mass is 341 g/mol. The fraction of sp³-hybridized carbons (Fsp3) is 0.211. The van der Waals surface area contributed by atoms with E-state index in [4.69, 9.17) is 17.3 Å². The Hall–Kier alpha value is -2.46. The van der Waals surface area contributed by atoms with Gasteiger partial charge in [-0.05, 0) is 29.8 Å². The first-order valence-corrected chi connectivity index (χ1v) is 8.33. The van der Waals surface area contributed by atoms with Gasteiger partial charge in [-0.25, -0.2) is 0 Å². The molecule has 1 heterocycles.